The summed E-state index contributed by atoms with van der Waals surface area (Å²) in [5, 5.41) is 6.21. The van der Waals surface area contributed by atoms with Crippen molar-refractivity contribution in [3.05, 3.63) is 0 Å². The zero-order chi connectivity index (χ0) is 14.5. The van der Waals surface area contributed by atoms with Crippen molar-refractivity contribution in [2.45, 2.75) is 26.4 Å². The standard InChI is InChI=1S/C13H24N6O/c1-9(2)20-13-17-11(14-3)16-12(18-13)15-7-10-5-6-19(4)8-10/h9-10H,5-8H2,1-4H3,(H2,14,15,16,17,18). The van der Waals surface area contributed by atoms with Gasteiger partial charge in [-0.2, -0.15) is 15.0 Å². The maximum atomic E-state index is 5.54. The van der Waals surface area contributed by atoms with Crippen molar-refractivity contribution in [1.82, 2.24) is 19.9 Å². The number of nitrogens with zero attached hydrogens (tertiary/aromatic N) is 4. The zero-order valence-corrected chi connectivity index (χ0v) is 12.7. The third kappa shape index (κ3) is 4.19. The van der Waals surface area contributed by atoms with Crippen molar-refractivity contribution in [1.29, 1.82) is 0 Å². The summed E-state index contributed by atoms with van der Waals surface area (Å²) in [6.45, 7) is 7.05. The molecule has 1 unspecified atom stereocenters. The lowest BCUT2D eigenvalue weighted by Gasteiger charge is -2.13. The van der Waals surface area contributed by atoms with Gasteiger partial charge in [0.05, 0.1) is 6.10 Å². The highest BCUT2D eigenvalue weighted by atomic mass is 16.5. The molecule has 112 valence electrons. The van der Waals surface area contributed by atoms with E-state index in [2.05, 4.69) is 37.5 Å². The molecule has 1 aromatic heterocycles. The number of hydrogen-bond acceptors (Lipinski definition) is 7. The quantitative estimate of drug-likeness (QED) is 0.807. The summed E-state index contributed by atoms with van der Waals surface area (Å²) in [6, 6.07) is 0.352. The van der Waals surface area contributed by atoms with Crippen molar-refractivity contribution in [2.24, 2.45) is 5.92 Å². The van der Waals surface area contributed by atoms with Gasteiger partial charge in [0.25, 0.3) is 0 Å². The van der Waals surface area contributed by atoms with Gasteiger partial charge in [0.2, 0.25) is 11.9 Å². The number of anilines is 2. The SMILES string of the molecule is CNc1nc(NCC2CCN(C)C2)nc(OC(C)C)n1. The van der Waals surface area contributed by atoms with Crippen molar-refractivity contribution < 1.29 is 4.74 Å². The summed E-state index contributed by atoms with van der Waals surface area (Å²) in [4.78, 5) is 15.1. The minimum atomic E-state index is 0.0402. The average Bonchev–Trinajstić information content (AvgIpc) is 2.81. The van der Waals surface area contributed by atoms with Crippen LogP contribution in [0.15, 0.2) is 0 Å². The third-order valence-electron chi connectivity index (χ3n) is 3.22. The Morgan fingerprint density at radius 3 is 2.65 bits per heavy atom. The predicted octanol–water partition coefficient (Wildman–Crippen LogP) is 1.06. The van der Waals surface area contributed by atoms with Crippen molar-refractivity contribution in [3.63, 3.8) is 0 Å². The Morgan fingerprint density at radius 1 is 1.30 bits per heavy atom. The van der Waals surface area contributed by atoms with Crippen LogP contribution in [0, 0.1) is 5.92 Å². The molecule has 1 aliphatic rings. The molecule has 2 N–H and O–H groups in total. The molecular weight excluding hydrogens is 256 g/mol. The lowest BCUT2D eigenvalue weighted by molar-refractivity contribution is 0.222. The van der Waals surface area contributed by atoms with Gasteiger partial charge < -0.3 is 20.3 Å². The van der Waals surface area contributed by atoms with E-state index < -0.39 is 0 Å². The highest BCUT2D eigenvalue weighted by Gasteiger charge is 2.19. The molecule has 0 aromatic carbocycles. The fourth-order valence-electron chi connectivity index (χ4n) is 2.24. The number of aromatic nitrogens is 3. The first-order chi connectivity index (χ1) is 9.56. The molecule has 2 heterocycles. The lowest BCUT2D eigenvalue weighted by atomic mass is 10.1. The van der Waals surface area contributed by atoms with Crippen LogP contribution in [0.4, 0.5) is 11.9 Å². The smallest absolute Gasteiger partial charge is 0.323 e. The molecule has 0 saturated carbocycles. The van der Waals surface area contributed by atoms with Gasteiger partial charge in [-0.1, -0.05) is 0 Å². The van der Waals surface area contributed by atoms with Crippen LogP contribution in [0.1, 0.15) is 20.3 Å². The number of likely N-dealkylation sites (tertiary alicyclic amines) is 1. The number of rotatable bonds is 6. The van der Waals surface area contributed by atoms with E-state index in [-0.39, 0.29) is 6.10 Å². The molecule has 1 saturated heterocycles. The summed E-state index contributed by atoms with van der Waals surface area (Å²) in [6.07, 6.45) is 1.25. The molecule has 1 aliphatic heterocycles. The molecule has 20 heavy (non-hydrogen) atoms. The highest BCUT2D eigenvalue weighted by Crippen LogP contribution is 2.16. The van der Waals surface area contributed by atoms with Gasteiger partial charge in [0, 0.05) is 20.1 Å². The van der Waals surface area contributed by atoms with Crippen molar-refractivity contribution in [2.75, 3.05) is 44.4 Å². The van der Waals surface area contributed by atoms with Gasteiger partial charge in [0.1, 0.15) is 0 Å². The second-order valence-corrected chi connectivity index (χ2v) is 5.48. The highest BCUT2D eigenvalue weighted by molar-refractivity contribution is 5.35. The van der Waals surface area contributed by atoms with E-state index in [1.807, 2.05) is 13.8 Å². The predicted molar refractivity (Wildman–Crippen MR) is 79.2 cm³/mol. The van der Waals surface area contributed by atoms with E-state index in [4.69, 9.17) is 4.74 Å². The lowest BCUT2D eigenvalue weighted by Crippen LogP contribution is -2.20. The van der Waals surface area contributed by atoms with E-state index in [9.17, 15) is 0 Å². The fourth-order valence-corrected chi connectivity index (χ4v) is 2.24. The molecule has 0 spiro atoms. The normalized spacial score (nSPS) is 19.4. The first kappa shape index (κ1) is 14.8. The van der Waals surface area contributed by atoms with E-state index in [0.717, 1.165) is 19.6 Å². The molecule has 1 aromatic rings. The maximum Gasteiger partial charge on any atom is 0.323 e. The summed E-state index contributed by atoms with van der Waals surface area (Å²) in [5.74, 6) is 1.72. The first-order valence-corrected chi connectivity index (χ1v) is 7.09. The second kappa shape index (κ2) is 6.69. The van der Waals surface area contributed by atoms with Crippen molar-refractivity contribution in [3.8, 4) is 6.01 Å². The Hall–Kier alpha value is -1.63. The topological polar surface area (TPSA) is 75.2 Å². The Morgan fingerprint density at radius 2 is 2.05 bits per heavy atom. The van der Waals surface area contributed by atoms with Gasteiger partial charge in [0.15, 0.2) is 0 Å². The molecule has 1 fully saturated rings. The largest absolute Gasteiger partial charge is 0.461 e. The van der Waals surface area contributed by atoms with Crippen LogP contribution >= 0.6 is 0 Å². The monoisotopic (exact) mass is 280 g/mol. The van der Waals surface area contributed by atoms with Crippen LogP contribution < -0.4 is 15.4 Å². The maximum absolute atomic E-state index is 5.54. The van der Waals surface area contributed by atoms with Gasteiger partial charge >= 0.3 is 6.01 Å². The minimum Gasteiger partial charge on any atom is -0.461 e. The number of ether oxygens (including phenoxy) is 1. The summed E-state index contributed by atoms with van der Waals surface area (Å²) in [7, 11) is 3.93. The molecule has 7 nitrogen and oxygen atoms in total. The fraction of sp³-hybridized carbons (Fsp3) is 0.769. The van der Waals surface area contributed by atoms with Crippen LogP contribution in [0.2, 0.25) is 0 Å². The average molecular weight is 280 g/mol. The van der Waals surface area contributed by atoms with Gasteiger partial charge in [-0.3, -0.25) is 0 Å². The first-order valence-electron chi connectivity index (χ1n) is 7.09. The molecule has 2 rings (SSSR count). The van der Waals surface area contributed by atoms with Crippen LogP contribution in [0.25, 0.3) is 0 Å². The van der Waals surface area contributed by atoms with Crippen LogP contribution in [-0.4, -0.2) is 59.7 Å². The molecule has 1 atom stereocenters. The van der Waals surface area contributed by atoms with E-state index in [1.165, 1.54) is 6.42 Å². The Kier molecular flexibility index (Phi) is 4.94. The van der Waals surface area contributed by atoms with Gasteiger partial charge in [-0.15, -0.1) is 0 Å². The number of nitrogens with one attached hydrogen (secondary N) is 2. The molecular formula is C13H24N6O. The van der Waals surface area contributed by atoms with Crippen molar-refractivity contribution >= 4 is 11.9 Å². The second-order valence-electron chi connectivity index (χ2n) is 5.48. The van der Waals surface area contributed by atoms with E-state index >= 15 is 0 Å². The summed E-state index contributed by atoms with van der Waals surface area (Å²) >= 11 is 0. The molecule has 0 radical (unpaired) electrons. The number of hydrogen-bond donors (Lipinski definition) is 2. The minimum absolute atomic E-state index is 0.0402. The van der Waals surface area contributed by atoms with Crippen LogP contribution in [0.5, 0.6) is 6.01 Å². The summed E-state index contributed by atoms with van der Waals surface area (Å²) in [5.41, 5.74) is 0. The zero-order valence-electron chi connectivity index (χ0n) is 12.7. The van der Waals surface area contributed by atoms with E-state index in [1.54, 1.807) is 7.05 Å². The Bertz CT molecular complexity index is 439. The molecule has 0 amide bonds. The third-order valence-corrected chi connectivity index (χ3v) is 3.22. The Labute approximate surface area is 120 Å². The van der Waals surface area contributed by atoms with Crippen LogP contribution in [0.3, 0.4) is 0 Å². The van der Waals surface area contributed by atoms with Gasteiger partial charge in [-0.25, -0.2) is 0 Å². The summed E-state index contributed by atoms with van der Waals surface area (Å²) < 4.78 is 5.54. The van der Waals surface area contributed by atoms with Crippen LogP contribution in [-0.2, 0) is 0 Å². The molecule has 0 bridgehead atoms. The van der Waals surface area contributed by atoms with Gasteiger partial charge in [-0.05, 0) is 39.8 Å². The molecule has 7 heteroatoms. The molecule has 0 aliphatic carbocycles. The Balaban J connectivity index is 1.98. The van der Waals surface area contributed by atoms with E-state index in [0.29, 0.717) is 23.8 Å².